The fraction of sp³-hybridized carbons (Fsp3) is 0.500. The Labute approximate surface area is 142 Å². The first-order chi connectivity index (χ1) is 11.4. The molecule has 0 spiro atoms. The van der Waals surface area contributed by atoms with Gasteiger partial charge in [-0.3, -0.25) is 14.4 Å². The lowest BCUT2D eigenvalue weighted by Gasteiger charge is -2.32. The molecule has 2 N–H and O–H groups in total. The molecule has 1 aliphatic heterocycles. The van der Waals surface area contributed by atoms with Crippen LogP contribution in [0.1, 0.15) is 38.7 Å². The second-order valence-electron chi connectivity index (χ2n) is 6.23. The molecule has 6 heteroatoms. The van der Waals surface area contributed by atoms with Crippen LogP contribution < -0.4 is 10.6 Å². The third-order valence-corrected chi connectivity index (χ3v) is 4.25. The van der Waals surface area contributed by atoms with Crippen molar-refractivity contribution in [1.82, 2.24) is 4.90 Å². The average molecular weight is 331 g/mol. The Kier molecular flexibility index (Phi) is 5.95. The van der Waals surface area contributed by atoms with Crippen LogP contribution in [0.4, 0.5) is 11.4 Å². The van der Waals surface area contributed by atoms with E-state index in [4.69, 9.17) is 0 Å². The Hall–Kier alpha value is -2.37. The second-order valence-corrected chi connectivity index (χ2v) is 6.23. The molecule has 0 aromatic heterocycles. The highest BCUT2D eigenvalue weighted by molar-refractivity contribution is 5.94. The van der Waals surface area contributed by atoms with E-state index in [9.17, 15) is 14.4 Å². The van der Waals surface area contributed by atoms with Gasteiger partial charge in [-0.15, -0.1) is 0 Å². The smallest absolute Gasteiger partial charge is 0.229 e. The Morgan fingerprint density at radius 3 is 2.62 bits per heavy atom. The predicted octanol–water partition coefficient (Wildman–Crippen LogP) is 2.54. The van der Waals surface area contributed by atoms with Gasteiger partial charge in [-0.25, -0.2) is 0 Å². The van der Waals surface area contributed by atoms with Crippen LogP contribution in [0.3, 0.4) is 0 Å². The molecule has 0 unspecified atom stereocenters. The molecule has 130 valence electrons. The van der Waals surface area contributed by atoms with E-state index in [2.05, 4.69) is 10.6 Å². The number of carbonyl (C=O) groups excluding carboxylic acids is 3. The van der Waals surface area contributed by atoms with Gasteiger partial charge >= 0.3 is 0 Å². The summed E-state index contributed by atoms with van der Waals surface area (Å²) in [6, 6.07) is 5.38. The highest BCUT2D eigenvalue weighted by atomic mass is 16.2. The lowest BCUT2D eigenvalue weighted by Crippen LogP contribution is -2.43. The summed E-state index contributed by atoms with van der Waals surface area (Å²) in [7, 11) is 0. The molecule has 1 aliphatic rings. The molecule has 1 heterocycles. The van der Waals surface area contributed by atoms with Gasteiger partial charge in [0.2, 0.25) is 17.7 Å². The Balaban J connectivity index is 2.00. The summed E-state index contributed by atoms with van der Waals surface area (Å²) >= 11 is 0. The summed E-state index contributed by atoms with van der Waals surface area (Å²) in [4.78, 5) is 37.2. The van der Waals surface area contributed by atoms with Crippen molar-refractivity contribution in [2.75, 3.05) is 23.7 Å². The minimum atomic E-state index is -0.176. The van der Waals surface area contributed by atoms with Gasteiger partial charge in [0, 0.05) is 37.8 Å². The topological polar surface area (TPSA) is 78.5 Å². The monoisotopic (exact) mass is 331 g/mol. The van der Waals surface area contributed by atoms with E-state index < -0.39 is 0 Å². The van der Waals surface area contributed by atoms with Crippen LogP contribution in [0.15, 0.2) is 18.2 Å². The fourth-order valence-corrected chi connectivity index (χ4v) is 2.96. The average Bonchev–Trinajstić information content (AvgIpc) is 2.56. The maximum atomic E-state index is 12.5. The van der Waals surface area contributed by atoms with E-state index in [-0.39, 0.29) is 23.6 Å². The summed E-state index contributed by atoms with van der Waals surface area (Å²) in [6.07, 6.45) is 2.12. The van der Waals surface area contributed by atoms with Crippen molar-refractivity contribution in [1.29, 1.82) is 0 Å². The van der Waals surface area contributed by atoms with E-state index in [0.717, 1.165) is 30.6 Å². The van der Waals surface area contributed by atoms with Gasteiger partial charge in [-0.05, 0) is 43.5 Å². The number of hydrogen-bond donors (Lipinski definition) is 2. The van der Waals surface area contributed by atoms with E-state index in [1.807, 2.05) is 19.9 Å². The van der Waals surface area contributed by atoms with Crippen LogP contribution in [0.25, 0.3) is 0 Å². The summed E-state index contributed by atoms with van der Waals surface area (Å²) in [5, 5.41) is 5.67. The second kappa shape index (κ2) is 7.95. The molecule has 1 fully saturated rings. The van der Waals surface area contributed by atoms with E-state index >= 15 is 0 Å². The maximum Gasteiger partial charge on any atom is 0.229 e. The zero-order chi connectivity index (χ0) is 17.7. The Morgan fingerprint density at radius 1 is 1.25 bits per heavy atom. The number of carbonyl (C=O) groups is 3. The molecule has 24 heavy (non-hydrogen) atoms. The number of benzene rings is 1. The maximum absolute atomic E-state index is 12.5. The van der Waals surface area contributed by atoms with Gasteiger partial charge in [0.25, 0.3) is 0 Å². The molecular weight excluding hydrogens is 306 g/mol. The molecular formula is C18H25N3O3. The summed E-state index contributed by atoms with van der Waals surface area (Å²) in [6.45, 7) is 6.40. The van der Waals surface area contributed by atoms with E-state index in [0.29, 0.717) is 18.7 Å². The number of aryl methyl sites for hydroxylation is 1. The number of piperidine rings is 1. The lowest BCUT2D eigenvalue weighted by atomic mass is 9.96. The first-order valence-corrected chi connectivity index (χ1v) is 8.37. The van der Waals surface area contributed by atoms with Crippen molar-refractivity contribution < 1.29 is 14.4 Å². The lowest BCUT2D eigenvalue weighted by molar-refractivity contribution is -0.134. The molecule has 1 atom stereocenters. The fourth-order valence-electron chi connectivity index (χ4n) is 2.96. The Bertz CT molecular complexity index is 642. The number of amides is 3. The predicted molar refractivity (Wildman–Crippen MR) is 93.7 cm³/mol. The van der Waals surface area contributed by atoms with E-state index in [1.165, 1.54) is 6.92 Å². The molecule has 6 nitrogen and oxygen atoms in total. The van der Waals surface area contributed by atoms with Crippen molar-refractivity contribution in [2.45, 2.75) is 40.0 Å². The molecule has 0 saturated carbocycles. The zero-order valence-electron chi connectivity index (χ0n) is 14.5. The standard InChI is InChI=1S/C18H25N3O3/c1-4-17(23)21-9-5-6-14(11-21)18(24)20-15-7-8-16(12(2)10-15)19-13(3)22/h7-8,10,14H,4-6,9,11H2,1-3H3,(H,19,22)(H,20,24)/t14-/m1/s1. The highest BCUT2D eigenvalue weighted by Crippen LogP contribution is 2.22. The quantitative estimate of drug-likeness (QED) is 0.890. The number of anilines is 2. The number of rotatable bonds is 4. The Morgan fingerprint density at radius 2 is 2.00 bits per heavy atom. The number of likely N-dealkylation sites (tertiary alicyclic amines) is 1. The van der Waals surface area contributed by atoms with Crippen LogP contribution in [0.2, 0.25) is 0 Å². The highest BCUT2D eigenvalue weighted by Gasteiger charge is 2.27. The van der Waals surface area contributed by atoms with Crippen LogP contribution in [0.5, 0.6) is 0 Å². The summed E-state index contributed by atoms with van der Waals surface area (Å²) < 4.78 is 0. The van der Waals surface area contributed by atoms with Gasteiger partial charge in [0.1, 0.15) is 0 Å². The van der Waals surface area contributed by atoms with Crippen molar-refractivity contribution in [3.05, 3.63) is 23.8 Å². The van der Waals surface area contributed by atoms with Gasteiger partial charge in [0.15, 0.2) is 0 Å². The summed E-state index contributed by atoms with van der Waals surface area (Å²) in [5.41, 5.74) is 2.32. The number of hydrogen-bond acceptors (Lipinski definition) is 3. The molecule has 0 bridgehead atoms. The molecule has 2 rings (SSSR count). The SMILES string of the molecule is CCC(=O)N1CCC[C@@H](C(=O)Nc2ccc(NC(C)=O)c(C)c2)C1. The third-order valence-electron chi connectivity index (χ3n) is 4.25. The molecule has 1 saturated heterocycles. The van der Waals surface area contributed by atoms with Crippen molar-refractivity contribution in [2.24, 2.45) is 5.92 Å². The van der Waals surface area contributed by atoms with Crippen molar-refractivity contribution in [3.63, 3.8) is 0 Å². The minimum Gasteiger partial charge on any atom is -0.342 e. The van der Waals surface area contributed by atoms with Crippen molar-refractivity contribution in [3.8, 4) is 0 Å². The van der Waals surface area contributed by atoms with Crippen LogP contribution >= 0.6 is 0 Å². The largest absolute Gasteiger partial charge is 0.342 e. The van der Waals surface area contributed by atoms with Crippen LogP contribution in [-0.4, -0.2) is 35.7 Å². The zero-order valence-corrected chi connectivity index (χ0v) is 14.5. The third kappa shape index (κ3) is 4.57. The van der Waals surface area contributed by atoms with Crippen LogP contribution in [0, 0.1) is 12.8 Å². The number of nitrogens with zero attached hydrogens (tertiary/aromatic N) is 1. The minimum absolute atomic E-state index is 0.0599. The first-order valence-electron chi connectivity index (χ1n) is 8.37. The molecule has 0 radical (unpaired) electrons. The normalized spacial score (nSPS) is 17.3. The van der Waals surface area contributed by atoms with Gasteiger partial charge < -0.3 is 15.5 Å². The van der Waals surface area contributed by atoms with Gasteiger partial charge in [0.05, 0.1) is 5.92 Å². The van der Waals surface area contributed by atoms with E-state index in [1.54, 1.807) is 17.0 Å². The van der Waals surface area contributed by atoms with Crippen LogP contribution in [-0.2, 0) is 14.4 Å². The molecule has 3 amide bonds. The van der Waals surface area contributed by atoms with Gasteiger partial charge in [-0.1, -0.05) is 6.92 Å². The van der Waals surface area contributed by atoms with Gasteiger partial charge in [-0.2, -0.15) is 0 Å². The molecule has 1 aromatic carbocycles. The number of nitrogens with one attached hydrogen (secondary N) is 2. The molecule has 0 aliphatic carbocycles. The summed E-state index contributed by atoms with van der Waals surface area (Å²) in [5.74, 6) is -0.263. The molecule has 1 aromatic rings. The first kappa shape index (κ1) is 18.0. The van der Waals surface area contributed by atoms with Crippen molar-refractivity contribution >= 4 is 29.1 Å².